The molecule has 2 aliphatic rings. The maximum absolute atomic E-state index is 12.7. The molecule has 2 aromatic rings. The van der Waals surface area contributed by atoms with Gasteiger partial charge in [0.15, 0.2) is 5.65 Å². The zero-order valence-corrected chi connectivity index (χ0v) is 14.9. The van der Waals surface area contributed by atoms with E-state index >= 15 is 0 Å². The van der Waals surface area contributed by atoms with Crippen LogP contribution < -0.4 is 10.0 Å². The molecule has 2 fully saturated rings. The molecule has 1 saturated heterocycles. The number of aromatic nitrogens is 4. The van der Waals surface area contributed by atoms with E-state index in [2.05, 4.69) is 20.0 Å². The molecule has 0 atom stereocenters. The van der Waals surface area contributed by atoms with E-state index < -0.39 is 29.2 Å². The molecule has 9 nitrogen and oxygen atoms in total. The molecule has 0 amide bonds. The molecule has 142 valence electrons. The number of hydrogen-bond acceptors (Lipinski definition) is 6. The van der Waals surface area contributed by atoms with Crippen LogP contribution in [0.2, 0.25) is 0 Å². The van der Waals surface area contributed by atoms with Crippen molar-refractivity contribution in [3.63, 3.8) is 0 Å². The maximum Gasteiger partial charge on any atom is 0.277 e. The molecule has 26 heavy (non-hydrogen) atoms. The summed E-state index contributed by atoms with van der Waals surface area (Å²) >= 11 is 0. The van der Waals surface area contributed by atoms with Gasteiger partial charge >= 0.3 is 0 Å². The fourth-order valence-corrected chi connectivity index (χ4v) is 5.00. The van der Waals surface area contributed by atoms with E-state index in [1.807, 2.05) is 0 Å². The number of fused-ring (bicyclic) bond motifs is 1. The van der Waals surface area contributed by atoms with Crippen LogP contribution in [0.25, 0.3) is 11.0 Å². The minimum Gasteiger partial charge on any atom is -0.355 e. The zero-order chi connectivity index (χ0) is 18.7. The Morgan fingerprint density at radius 1 is 1.38 bits per heavy atom. The zero-order valence-electron chi connectivity index (χ0n) is 14.1. The number of nitrogens with two attached hydrogens (primary N) is 1. The molecule has 0 unspecified atom stereocenters. The summed E-state index contributed by atoms with van der Waals surface area (Å²) in [6.07, 6.45) is 1.49. The van der Waals surface area contributed by atoms with Crippen LogP contribution in [0.4, 0.5) is 14.6 Å². The summed E-state index contributed by atoms with van der Waals surface area (Å²) < 4.78 is 50.9. The average Bonchev–Trinajstić information content (AvgIpc) is 2.84. The van der Waals surface area contributed by atoms with Crippen molar-refractivity contribution in [2.24, 2.45) is 17.6 Å². The molecule has 3 heterocycles. The first-order valence-electron chi connectivity index (χ1n) is 8.14. The van der Waals surface area contributed by atoms with E-state index in [9.17, 15) is 17.2 Å². The molecule has 1 spiro atoms. The Labute approximate surface area is 149 Å². The molecule has 12 heteroatoms. The second-order valence-electron chi connectivity index (χ2n) is 7.13. The lowest BCUT2D eigenvalue weighted by Crippen LogP contribution is -2.68. The first-order chi connectivity index (χ1) is 12.2. The Hall–Kier alpha value is -1.92. The van der Waals surface area contributed by atoms with Crippen LogP contribution in [0.15, 0.2) is 12.5 Å². The molecule has 2 N–H and O–H groups in total. The molecular formula is C14H19F2N7O2S. The number of hydrogen-bond donors (Lipinski definition) is 1. The number of rotatable bonds is 5. The van der Waals surface area contributed by atoms with E-state index in [0.717, 1.165) is 21.2 Å². The SMILES string of the molecule is Cn1ncc2c(N3CC4(CC(N(CC(F)F)S(N)(=O)=O)C4)C3)ncnc21. The van der Waals surface area contributed by atoms with Crippen molar-refractivity contribution in [1.82, 2.24) is 24.1 Å². The summed E-state index contributed by atoms with van der Waals surface area (Å²) in [5.74, 6) is 0.785. The van der Waals surface area contributed by atoms with Crippen LogP contribution in [0.1, 0.15) is 12.8 Å². The summed E-state index contributed by atoms with van der Waals surface area (Å²) in [7, 11) is -2.33. The fraction of sp³-hybridized carbons (Fsp3) is 0.643. The van der Waals surface area contributed by atoms with Crippen molar-refractivity contribution in [2.45, 2.75) is 25.3 Å². The fourth-order valence-electron chi connectivity index (χ4n) is 4.11. The average molecular weight is 387 g/mol. The van der Waals surface area contributed by atoms with Gasteiger partial charge in [0.25, 0.3) is 16.6 Å². The van der Waals surface area contributed by atoms with Gasteiger partial charge in [-0.25, -0.2) is 23.9 Å². The van der Waals surface area contributed by atoms with Crippen molar-refractivity contribution < 1.29 is 17.2 Å². The highest BCUT2D eigenvalue weighted by Crippen LogP contribution is 2.52. The van der Waals surface area contributed by atoms with Crippen LogP contribution in [0.5, 0.6) is 0 Å². The molecule has 0 bridgehead atoms. The molecule has 1 aliphatic carbocycles. The van der Waals surface area contributed by atoms with Gasteiger partial charge in [-0.2, -0.15) is 17.8 Å². The molecule has 0 radical (unpaired) electrons. The Morgan fingerprint density at radius 3 is 2.69 bits per heavy atom. The molecule has 0 aromatic carbocycles. The van der Waals surface area contributed by atoms with E-state index in [0.29, 0.717) is 25.9 Å². The Morgan fingerprint density at radius 2 is 2.08 bits per heavy atom. The Balaban J connectivity index is 1.44. The summed E-state index contributed by atoms with van der Waals surface area (Å²) in [6.45, 7) is 0.529. The van der Waals surface area contributed by atoms with Gasteiger partial charge in [0.1, 0.15) is 12.1 Å². The molecule has 2 aromatic heterocycles. The van der Waals surface area contributed by atoms with Gasteiger partial charge in [-0.15, -0.1) is 0 Å². The normalized spacial score (nSPS) is 20.2. The van der Waals surface area contributed by atoms with E-state index in [-0.39, 0.29) is 5.41 Å². The lowest BCUT2D eigenvalue weighted by Gasteiger charge is -2.60. The van der Waals surface area contributed by atoms with E-state index in [1.54, 1.807) is 17.9 Å². The third kappa shape index (κ3) is 2.81. The van der Waals surface area contributed by atoms with Gasteiger partial charge in [0.2, 0.25) is 0 Å². The third-order valence-electron chi connectivity index (χ3n) is 5.25. The van der Waals surface area contributed by atoms with Gasteiger partial charge in [0, 0.05) is 31.6 Å². The van der Waals surface area contributed by atoms with Crippen LogP contribution in [-0.4, -0.2) is 64.6 Å². The smallest absolute Gasteiger partial charge is 0.277 e. The number of alkyl halides is 2. The highest BCUT2D eigenvalue weighted by molar-refractivity contribution is 7.86. The highest BCUT2D eigenvalue weighted by Gasteiger charge is 2.56. The van der Waals surface area contributed by atoms with Gasteiger partial charge in [0.05, 0.1) is 18.1 Å². The summed E-state index contributed by atoms with van der Waals surface area (Å²) in [6, 6.07) is -0.468. The van der Waals surface area contributed by atoms with Crippen molar-refractivity contribution in [1.29, 1.82) is 0 Å². The van der Waals surface area contributed by atoms with E-state index in [4.69, 9.17) is 5.14 Å². The van der Waals surface area contributed by atoms with Gasteiger partial charge < -0.3 is 4.90 Å². The van der Waals surface area contributed by atoms with Crippen molar-refractivity contribution in [3.8, 4) is 0 Å². The van der Waals surface area contributed by atoms with Crippen LogP contribution >= 0.6 is 0 Å². The van der Waals surface area contributed by atoms with Crippen molar-refractivity contribution >= 4 is 27.1 Å². The summed E-state index contributed by atoms with van der Waals surface area (Å²) in [5, 5.41) is 10.1. The number of halogens is 2. The molecular weight excluding hydrogens is 368 g/mol. The van der Waals surface area contributed by atoms with Gasteiger partial charge in [-0.05, 0) is 12.8 Å². The highest BCUT2D eigenvalue weighted by atomic mass is 32.2. The quantitative estimate of drug-likeness (QED) is 0.779. The Bertz CT molecular complexity index is 934. The Kier molecular flexibility index (Phi) is 3.90. The molecule has 1 aliphatic heterocycles. The maximum atomic E-state index is 12.7. The summed E-state index contributed by atoms with van der Waals surface area (Å²) in [4.78, 5) is 10.6. The lowest BCUT2D eigenvalue weighted by atomic mass is 9.60. The monoisotopic (exact) mass is 387 g/mol. The predicted molar refractivity (Wildman–Crippen MR) is 89.8 cm³/mol. The van der Waals surface area contributed by atoms with E-state index in [1.165, 1.54) is 6.33 Å². The molecule has 1 saturated carbocycles. The standard InChI is InChI=1S/C14H19F2N7O2S/c1-21-12-10(4-20-21)13(19-8-18-12)22-6-14(7-22)2-9(3-14)23(5-11(15)16)26(17,24)25/h4,8-9,11H,2-3,5-7H2,1H3,(H2,17,24,25). The number of aryl methyl sites for hydroxylation is 1. The first-order valence-corrected chi connectivity index (χ1v) is 9.64. The minimum atomic E-state index is -4.14. The lowest BCUT2D eigenvalue weighted by molar-refractivity contribution is -0.00435. The third-order valence-corrected chi connectivity index (χ3v) is 6.35. The largest absolute Gasteiger partial charge is 0.355 e. The van der Waals surface area contributed by atoms with Crippen LogP contribution in [0.3, 0.4) is 0 Å². The summed E-state index contributed by atoms with van der Waals surface area (Å²) in [5.41, 5.74) is 0.662. The second-order valence-corrected chi connectivity index (χ2v) is 8.63. The van der Waals surface area contributed by atoms with Crippen molar-refractivity contribution in [3.05, 3.63) is 12.5 Å². The topological polar surface area (TPSA) is 110 Å². The van der Waals surface area contributed by atoms with Crippen molar-refractivity contribution in [2.75, 3.05) is 24.5 Å². The second kappa shape index (κ2) is 5.79. The predicted octanol–water partition coefficient (Wildman–Crippen LogP) is 0.103. The number of nitrogens with zero attached hydrogens (tertiary/aromatic N) is 6. The van der Waals surface area contributed by atoms with Crippen LogP contribution in [-0.2, 0) is 17.3 Å². The van der Waals surface area contributed by atoms with Crippen LogP contribution in [0, 0.1) is 5.41 Å². The minimum absolute atomic E-state index is 0.0742. The molecule has 4 rings (SSSR count). The number of anilines is 1. The first kappa shape index (κ1) is 17.5. The van der Waals surface area contributed by atoms with Gasteiger partial charge in [-0.1, -0.05) is 0 Å². The van der Waals surface area contributed by atoms with Gasteiger partial charge in [-0.3, -0.25) is 4.68 Å².